The van der Waals surface area contributed by atoms with E-state index in [2.05, 4.69) is 6.92 Å². The van der Waals surface area contributed by atoms with Crippen molar-refractivity contribution in [2.45, 2.75) is 40.0 Å². The Kier molecular flexibility index (Phi) is 4.14. The van der Waals surface area contributed by atoms with E-state index in [-0.39, 0.29) is 5.91 Å². The fourth-order valence-corrected chi connectivity index (χ4v) is 1.67. The van der Waals surface area contributed by atoms with E-state index in [1.807, 2.05) is 18.7 Å². The van der Waals surface area contributed by atoms with Crippen molar-refractivity contribution in [1.82, 2.24) is 4.90 Å². The minimum Gasteiger partial charge on any atom is -0.342 e. The molecule has 0 spiro atoms. The van der Waals surface area contributed by atoms with Crippen LogP contribution in [-0.2, 0) is 4.79 Å². The molecule has 0 heterocycles. The second-order valence-electron chi connectivity index (χ2n) is 5.28. The highest BCUT2D eigenvalue weighted by atomic mass is 16.2. The van der Waals surface area contributed by atoms with Crippen molar-refractivity contribution in [3.05, 3.63) is 0 Å². The maximum absolute atomic E-state index is 12.2. The number of rotatable bonds is 6. The molecule has 88 valence electrons. The van der Waals surface area contributed by atoms with Gasteiger partial charge in [0.05, 0.1) is 5.41 Å². The molecule has 0 aromatic carbocycles. The molecule has 1 amide bonds. The molecule has 2 N–H and O–H groups in total. The molecular weight excluding hydrogens is 188 g/mol. The summed E-state index contributed by atoms with van der Waals surface area (Å²) in [6.45, 7) is 8.23. The maximum atomic E-state index is 12.2. The van der Waals surface area contributed by atoms with Gasteiger partial charge in [-0.05, 0) is 39.0 Å². The average Bonchev–Trinajstić information content (AvgIpc) is 3.00. The van der Waals surface area contributed by atoms with Gasteiger partial charge in [0.1, 0.15) is 0 Å². The molecule has 0 aromatic heterocycles. The standard InChI is InChI=1S/C12H24N2O/c1-4-7-14(8-10-5-6-10)11(15)12(2,3)9-13/h10H,4-9,13H2,1-3H3. The summed E-state index contributed by atoms with van der Waals surface area (Å²) in [6.07, 6.45) is 3.60. The molecule has 0 saturated heterocycles. The van der Waals surface area contributed by atoms with Gasteiger partial charge < -0.3 is 10.6 Å². The van der Waals surface area contributed by atoms with Crippen LogP contribution in [0.15, 0.2) is 0 Å². The summed E-state index contributed by atoms with van der Waals surface area (Å²) >= 11 is 0. The van der Waals surface area contributed by atoms with Gasteiger partial charge in [-0.1, -0.05) is 6.92 Å². The van der Waals surface area contributed by atoms with Crippen molar-refractivity contribution in [2.75, 3.05) is 19.6 Å². The summed E-state index contributed by atoms with van der Waals surface area (Å²) in [5.74, 6) is 0.979. The highest BCUT2D eigenvalue weighted by Gasteiger charge is 2.33. The first-order valence-electron chi connectivity index (χ1n) is 6.00. The van der Waals surface area contributed by atoms with Crippen molar-refractivity contribution in [1.29, 1.82) is 0 Å². The summed E-state index contributed by atoms with van der Waals surface area (Å²) < 4.78 is 0. The molecule has 15 heavy (non-hydrogen) atoms. The van der Waals surface area contributed by atoms with E-state index in [9.17, 15) is 4.79 Å². The van der Waals surface area contributed by atoms with Gasteiger partial charge in [0.2, 0.25) is 5.91 Å². The van der Waals surface area contributed by atoms with E-state index >= 15 is 0 Å². The number of nitrogens with two attached hydrogens (primary N) is 1. The van der Waals surface area contributed by atoms with Crippen LogP contribution in [0.3, 0.4) is 0 Å². The lowest BCUT2D eigenvalue weighted by Gasteiger charge is -2.31. The third kappa shape index (κ3) is 3.49. The Bertz CT molecular complexity index is 222. The van der Waals surface area contributed by atoms with E-state index in [1.54, 1.807) is 0 Å². The van der Waals surface area contributed by atoms with Gasteiger partial charge in [-0.15, -0.1) is 0 Å². The number of carbonyl (C=O) groups is 1. The normalized spacial score (nSPS) is 16.5. The Hall–Kier alpha value is -0.570. The fourth-order valence-electron chi connectivity index (χ4n) is 1.67. The molecule has 0 atom stereocenters. The quantitative estimate of drug-likeness (QED) is 0.727. The monoisotopic (exact) mass is 212 g/mol. The number of carbonyl (C=O) groups excluding carboxylic acids is 1. The molecule has 1 rings (SSSR count). The van der Waals surface area contributed by atoms with Gasteiger partial charge in [0.15, 0.2) is 0 Å². The first-order chi connectivity index (χ1) is 7.01. The molecule has 0 aliphatic heterocycles. The highest BCUT2D eigenvalue weighted by molar-refractivity contribution is 5.82. The molecule has 0 bridgehead atoms. The van der Waals surface area contributed by atoms with Gasteiger partial charge in [0, 0.05) is 19.6 Å². The first-order valence-corrected chi connectivity index (χ1v) is 6.00. The summed E-state index contributed by atoms with van der Waals surface area (Å²) in [5, 5.41) is 0. The lowest BCUT2D eigenvalue weighted by Crippen LogP contribution is -2.45. The highest BCUT2D eigenvalue weighted by Crippen LogP contribution is 2.31. The SMILES string of the molecule is CCCN(CC1CC1)C(=O)C(C)(C)CN. The topological polar surface area (TPSA) is 46.3 Å². The van der Waals surface area contributed by atoms with Crippen molar-refractivity contribution in [2.24, 2.45) is 17.1 Å². The Morgan fingerprint density at radius 3 is 2.47 bits per heavy atom. The molecule has 3 heteroatoms. The van der Waals surface area contributed by atoms with Crippen LogP contribution in [0.4, 0.5) is 0 Å². The lowest BCUT2D eigenvalue weighted by atomic mass is 9.91. The van der Waals surface area contributed by atoms with Crippen molar-refractivity contribution in [3.8, 4) is 0 Å². The van der Waals surface area contributed by atoms with Gasteiger partial charge in [-0.25, -0.2) is 0 Å². The molecule has 1 saturated carbocycles. The third-order valence-electron chi connectivity index (χ3n) is 3.05. The van der Waals surface area contributed by atoms with Crippen molar-refractivity contribution in [3.63, 3.8) is 0 Å². The zero-order valence-electron chi connectivity index (χ0n) is 10.3. The number of hydrogen-bond acceptors (Lipinski definition) is 2. The third-order valence-corrected chi connectivity index (χ3v) is 3.05. The lowest BCUT2D eigenvalue weighted by molar-refractivity contribution is -0.140. The smallest absolute Gasteiger partial charge is 0.229 e. The molecular formula is C12H24N2O. The summed E-state index contributed by atoms with van der Waals surface area (Å²) in [4.78, 5) is 14.2. The van der Waals surface area contributed by atoms with Crippen LogP contribution in [0.5, 0.6) is 0 Å². The van der Waals surface area contributed by atoms with E-state index < -0.39 is 5.41 Å². The number of amides is 1. The Balaban J connectivity index is 2.56. The number of nitrogens with zero attached hydrogens (tertiary/aromatic N) is 1. The fraction of sp³-hybridized carbons (Fsp3) is 0.917. The van der Waals surface area contributed by atoms with Gasteiger partial charge >= 0.3 is 0 Å². The van der Waals surface area contributed by atoms with Gasteiger partial charge in [0.25, 0.3) is 0 Å². The predicted molar refractivity (Wildman–Crippen MR) is 62.4 cm³/mol. The van der Waals surface area contributed by atoms with Gasteiger partial charge in [-0.3, -0.25) is 4.79 Å². The average molecular weight is 212 g/mol. The molecule has 0 unspecified atom stereocenters. The molecule has 0 aromatic rings. The maximum Gasteiger partial charge on any atom is 0.229 e. The second-order valence-corrected chi connectivity index (χ2v) is 5.28. The Labute approximate surface area is 93.0 Å². The van der Waals surface area contributed by atoms with Crippen molar-refractivity contribution < 1.29 is 4.79 Å². The van der Waals surface area contributed by atoms with E-state index in [1.165, 1.54) is 12.8 Å². The first kappa shape index (κ1) is 12.5. The Morgan fingerprint density at radius 2 is 2.07 bits per heavy atom. The number of hydrogen-bond donors (Lipinski definition) is 1. The zero-order chi connectivity index (χ0) is 11.5. The van der Waals surface area contributed by atoms with E-state index in [0.717, 1.165) is 25.4 Å². The van der Waals surface area contributed by atoms with Crippen LogP contribution in [0.2, 0.25) is 0 Å². The Morgan fingerprint density at radius 1 is 1.47 bits per heavy atom. The molecule has 1 aliphatic rings. The molecule has 3 nitrogen and oxygen atoms in total. The van der Waals surface area contributed by atoms with Crippen LogP contribution in [-0.4, -0.2) is 30.4 Å². The minimum atomic E-state index is -0.399. The summed E-state index contributed by atoms with van der Waals surface area (Å²) in [6, 6.07) is 0. The van der Waals surface area contributed by atoms with Crippen molar-refractivity contribution >= 4 is 5.91 Å². The van der Waals surface area contributed by atoms with E-state index in [4.69, 9.17) is 5.73 Å². The molecule has 1 fully saturated rings. The van der Waals surface area contributed by atoms with Crippen LogP contribution in [0.25, 0.3) is 0 Å². The van der Waals surface area contributed by atoms with Crippen LogP contribution >= 0.6 is 0 Å². The second kappa shape index (κ2) is 4.97. The van der Waals surface area contributed by atoms with Crippen LogP contribution in [0, 0.1) is 11.3 Å². The van der Waals surface area contributed by atoms with Crippen LogP contribution in [0.1, 0.15) is 40.0 Å². The van der Waals surface area contributed by atoms with E-state index in [0.29, 0.717) is 6.54 Å². The predicted octanol–water partition coefficient (Wildman–Crippen LogP) is 1.62. The minimum absolute atomic E-state index is 0.221. The zero-order valence-corrected chi connectivity index (χ0v) is 10.3. The summed E-state index contributed by atoms with van der Waals surface area (Å²) in [5.41, 5.74) is 5.24. The molecule has 1 aliphatic carbocycles. The largest absolute Gasteiger partial charge is 0.342 e. The summed E-state index contributed by atoms with van der Waals surface area (Å²) in [7, 11) is 0. The molecule has 0 radical (unpaired) electrons. The van der Waals surface area contributed by atoms with Crippen LogP contribution < -0.4 is 5.73 Å². The van der Waals surface area contributed by atoms with Gasteiger partial charge in [-0.2, -0.15) is 0 Å².